The molecule has 1 fully saturated rings. The Labute approximate surface area is 164 Å². The quantitative estimate of drug-likeness (QED) is 0.656. The fourth-order valence-corrected chi connectivity index (χ4v) is 3.60. The highest BCUT2D eigenvalue weighted by atomic mass is 79.9. The van der Waals surface area contributed by atoms with Crippen molar-refractivity contribution in [1.29, 1.82) is 0 Å². The summed E-state index contributed by atoms with van der Waals surface area (Å²) in [5.41, 5.74) is 1.60. The van der Waals surface area contributed by atoms with Gasteiger partial charge in [0.15, 0.2) is 5.17 Å². The molecule has 5 nitrogen and oxygen atoms in total. The summed E-state index contributed by atoms with van der Waals surface area (Å²) in [6, 6.07) is 13.1. The third kappa shape index (κ3) is 3.94. The summed E-state index contributed by atoms with van der Waals surface area (Å²) in [4.78, 5) is 19.3. The maximum absolute atomic E-state index is 12.6. The smallest absolute Gasteiger partial charge is 0.266 e. The molecule has 134 valence electrons. The third-order valence-electron chi connectivity index (χ3n) is 3.78. The van der Waals surface area contributed by atoms with E-state index >= 15 is 0 Å². The van der Waals surface area contributed by atoms with Crippen molar-refractivity contribution in [2.45, 2.75) is 0 Å². The van der Waals surface area contributed by atoms with E-state index in [1.165, 1.54) is 11.8 Å². The first-order valence-corrected chi connectivity index (χ1v) is 9.36. The molecule has 0 unspecified atom stereocenters. The van der Waals surface area contributed by atoms with Crippen LogP contribution in [-0.4, -0.2) is 37.2 Å². The Morgan fingerprint density at radius 3 is 2.50 bits per heavy atom. The van der Waals surface area contributed by atoms with Gasteiger partial charge in [-0.05, 0) is 54.2 Å². The van der Waals surface area contributed by atoms with Crippen LogP contribution >= 0.6 is 27.7 Å². The van der Waals surface area contributed by atoms with Crippen molar-refractivity contribution in [3.05, 3.63) is 57.4 Å². The van der Waals surface area contributed by atoms with Crippen molar-refractivity contribution in [3.63, 3.8) is 0 Å². The summed E-state index contributed by atoms with van der Waals surface area (Å²) in [6.07, 6.45) is 1.81. The van der Waals surface area contributed by atoms with Crippen LogP contribution in [0.3, 0.4) is 0 Å². The summed E-state index contributed by atoms with van der Waals surface area (Å²) >= 11 is 4.74. The first-order chi connectivity index (χ1) is 12.5. The molecule has 0 saturated carbocycles. The number of amides is 1. The molecule has 3 rings (SSSR count). The number of carbonyl (C=O) groups is 1. The lowest BCUT2D eigenvalue weighted by molar-refractivity contribution is -0.121. The zero-order chi connectivity index (χ0) is 18.7. The minimum Gasteiger partial charge on any atom is -0.497 e. The van der Waals surface area contributed by atoms with Gasteiger partial charge < -0.3 is 9.47 Å². The van der Waals surface area contributed by atoms with Crippen LogP contribution in [0, 0.1) is 0 Å². The van der Waals surface area contributed by atoms with Crippen LogP contribution in [-0.2, 0) is 4.79 Å². The minimum atomic E-state index is -0.0938. The number of carbonyl (C=O) groups excluding carboxylic acids is 1. The second-order valence-corrected chi connectivity index (χ2v) is 7.38. The predicted molar refractivity (Wildman–Crippen MR) is 109 cm³/mol. The van der Waals surface area contributed by atoms with Gasteiger partial charge in [0, 0.05) is 23.2 Å². The zero-order valence-electron chi connectivity index (χ0n) is 14.5. The zero-order valence-corrected chi connectivity index (χ0v) is 16.9. The second-order valence-electron chi connectivity index (χ2n) is 5.45. The Bertz CT molecular complexity index is 894. The highest BCUT2D eigenvalue weighted by Gasteiger charge is 2.30. The average molecular weight is 433 g/mol. The number of nitrogens with zero attached hydrogens (tertiary/aromatic N) is 2. The number of hydrogen-bond donors (Lipinski definition) is 0. The van der Waals surface area contributed by atoms with E-state index in [2.05, 4.69) is 20.9 Å². The first kappa shape index (κ1) is 18.5. The summed E-state index contributed by atoms with van der Waals surface area (Å²) in [7, 11) is 4.91. The molecule has 26 heavy (non-hydrogen) atoms. The van der Waals surface area contributed by atoms with Gasteiger partial charge >= 0.3 is 0 Å². The van der Waals surface area contributed by atoms with E-state index in [1.54, 1.807) is 32.2 Å². The first-order valence-electron chi connectivity index (χ1n) is 7.75. The molecule has 0 spiro atoms. The minimum absolute atomic E-state index is 0.0938. The largest absolute Gasteiger partial charge is 0.497 e. The Hall–Kier alpha value is -2.25. The van der Waals surface area contributed by atoms with Gasteiger partial charge in [0.2, 0.25) is 0 Å². The maximum Gasteiger partial charge on any atom is 0.266 e. The van der Waals surface area contributed by atoms with E-state index in [0.717, 1.165) is 15.7 Å². The summed E-state index contributed by atoms with van der Waals surface area (Å²) in [5.74, 6) is 1.25. The normalized spacial score (nSPS) is 17.2. The number of thioether (sulfide) groups is 1. The van der Waals surface area contributed by atoms with Crippen molar-refractivity contribution < 1.29 is 14.3 Å². The molecule has 7 heteroatoms. The monoisotopic (exact) mass is 432 g/mol. The molecule has 0 radical (unpaired) electrons. The van der Waals surface area contributed by atoms with E-state index in [9.17, 15) is 4.79 Å². The van der Waals surface area contributed by atoms with E-state index in [1.807, 2.05) is 42.5 Å². The Balaban J connectivity index is 1.91. The molecule has 0 aromatic heterocycles. The number of ether oxygens (including phenoxy) is 2. The molecule has 1 heterocycles. The molecule has 1 aliphatic rings. The van der Waals surface area contributed by atoms with Gasteiger partial charge in [-0.2, -0.15) is 0 Å². The number of benzene rings is 2. The van der Waals surface area contributed by atoms with Gasteiger partial charge in [-0.1, -0.05) is 15.9 Å². The van der Waals surface area contributed by atoms with Gasteiger partial charge in [-0.25, -0.2) is 4.99 Å². The molecule has 2 aromatic rings. The Morgan fingerprint density at radius 1 is 1.12 bits per heavy atom. The number of halogens is 1. The van der Waals surface area contributed by atoms with Crippen LogP contribution in [0.4, 0.5) is 5.69 Å². The molecule has 1 amide bonds. The number of amidine groups is 1. The summed E-state index contributed by atoms with van der Waals surface area (Å²) in [6.45, 7) is 0. The van der Waals surface area contributed by atoms with Crippen molar-refractivity contribution >= 4 is 50.5 Å². The van der Waals surface area contributed by atoms with Crippen LogP contribution in [0.15, 0.2) is 56.8 Å². The van der Waals surface area contributed by atoms with Gasteiger partial charge in [0.05, 0.1) is 24.8 Å². The van der Waals surface area contributed by atoms with Crippen molar-refractivity contribution in [2.75, 3.05) is 21.3 Å². The average Bonchev–Trinajstić information content (AvgIpc) is 2.92. The van der Waals surface area contributed by atoms with Crippen LogP contribution in [0.2, 0.25) is 0 Å². The number of aliphatic imine (C=N–C) groups is 1. The van der Waals surface area contributed by atoms with Crippen LogP contribution in [0.5, 0.6) is 11.5 Å². The van der Waals surface area contributed by atoms with Crippen LogP contribution < -0.4 is 9.47 Å². The molecule has 1 aliphatic heterocycles. The van der Waals surface area contributed by atoms with Crippen LogP contribution in [0.25, 0.3) is 6.08 Å². The SMILES string of the molecule is COc1ccc(/C=C2\SC(=Nc3ccc(Br)cc3)N(C)C2=O)c(OC)c1. The molecule has 0 atom stereocenters. The molecule has 0 N–H and O–H groups in total. The molecular weight excluding hydrogens is 416 g/mol. The van der Waals surface area contributed by atoms with Crippen molar-refractivity contribution in [1.82, 2.24) is 4.90 Å². The summed E-state index contributed by atoms with van der Waals surface area (Å²) < 4.78 is 11.6. The molecule has 0 bridgehead atoms. The lowest BCUT2D eigenvalue weighted by Gasteiger charge is -2.08. The van der Waals surface area contributed by atoms with Gasteiger partial charge in [0.25, 0.3) is 5.91 Å². The molecular formula is C19H17BrN2O3S. The topological polar surface area (TPSA) is 51.1 Å². The molecule has 2 aromatic carbocycles. The predicted octanol–water partition coefficient (Wildman–Crippen LogP) is 4.70. The fourth-order valence-electron chi connectivity index (χ4n) is 2.36. The van der Waals surface area contributed by atoms with Gasteiger partial charge in [0.1, 0.15) is 11.5 Å². The fraction of sp³-hybridized carbons (Fsp3) is 0.158. The lowest BCUT2D eigenvalue weighted by Crippen LogP contribution is -2.23. The summed E-state index contributed by atoms with van der Waals surface area (Å²) in [5, 5.41) is 0.635. The number of likely N-dealkylation sites (N-methyl/N-ethyl adjacent to an activating group) is 1. The molecule has 0 aliphatic carbocycles. The highest BCUT2D eigenvalue weighted by Crippen LogP contribution is 2.35. The lowest BCUT2D eigenvalue weighted by atomic mass is 10.1. The maximum atomic E-state index is 12.6. The third-order valence-corrected chi connectivity index (χ3v) is 5.37. The van der Waals surface area contributed by atoms with E-state index < -0.39 is 0 Å². The Morgan fingerprint density at radius 2 is 1.85 bits per heavy atom. The van der Waals surface area contributed by atoms with Gasteiger partial charge in [-0.15, -0.1) is 0 Å². The number of methoxy groups -OCH3 is 2. The molecule has 1 saturated heterocycles. The van der Waals surface area contributed by atoms with Gasteiger partial charge in [-0.3, -0.25) is 9.69 Å². The van der Waals surface area contributed by atoms with Crippen molar-refractivity contribution in [3.8, 4) is 11.5 Å². The van der Waals surface area contributed by atoms with E-state index in [0.29, 0.717) is 21.6 Å². The second kappa shape index (κ2) is 7.97. The number of hydrogen-bond acceptors (Lipinski definition) is 5. The highest BCUT2D eigenvalue weighted by molar-refractivity contribution is 9.10. The Kier molecular flexibility index (Phi) is 5.68. The van der Waals surface area contributed by atoms with Crippen LogP contribution in [0.1, 0.15) is 5.56 Å². The van der Waals surface area contributed by atoms with E-state index in [4.69, 9.17) is 9.47 Å². The van der Waals surface area contributed by atoms with Crippen molar-refractivity contribution in [2.24, 2.45) is 4.99 Å². The number of rotatable bonds is 4. The standard InChI is InChI=1S/C19H17BrN2O3S/c1-22-18(23)17(10-12-4-9-15(24-2)11-16(12)25-3)26-19(22)21-14-7-5-13(20)6-8-14/h4-11H,1-3H3/b17-10-,21-19?. The van der Waals surface area contributed by atoms with E-state index in [-0.39, 0.29) is 5.91 Å².